The summed E-state index contributed by atoms with van der Waals surface area (Å²) >= 11 is 0. The largest absolute Gasteiger partial charge is 0.396 e. The van der Waals surface area contributed by atoms with Crippen LogP contribution in [0.5, 0.6) is 0 Å². The van der Waals surface area contributed by atoms with Gasteiger partial charge in [0.2, 0.25) is 5.91 Å². The highest BCUT2D eigenvalue weighted by atomic mass is 28.3. The van der Waals surface area contributed by atoms with E-state index in [1.807, 2.05) is 7.11 Å². The minimum absolute atomic E-state index is 0.0547. The number of β-lactam (4-membered cyclic amide) rings is 1. The van der Waals surface area contributed by atoms with Crippen LogP contribution in [0.3, 0.4) is 0 Å². The van der Waals surface area contributed by atoms with E-state index in [0.717, 1.165) is 77.3 Å². The molecule has 0 aromatic heterocycles. The molecular formula is C33H54N2O5Si. The van der Waals surface area contributed by atoms with Crippen molar-refractivity contribution >= 4 is 19.9 Å². The SMILES string of the molecule is COC1CCC([Si](C)(C)[C@@H]2[C@@H](CCO)O[C@]3(C(=O)N(CC4CCC(N5CCC5=O)CC4)C4=C3CCCC4)[C@H]2C)CC1. The van der Waals surface area contributed by atoms with Crippen molar-refractivity contribution < 1.29 is 24.2 Å². The predicted molar refractivity (Wildman–Crippen MR) is 162 cm³/mol. The van der Waals surface area contributed by atoms with Crippen LogP contribution >= 0.6 is 0 Å². The molecule has 230 valence electrons. The molecule has 8 heteroatoms. The number of carbonyl (C=O) groups is 2. The fraction of sp³-hybridized carbons (Fsp3) is 0.879. The second-order valence-electron chi connectivity index (χ2n) is 14.8. The van der Waals surface area contributed by atoms with E-state index in [1.54, 1.807) is 0 Å². The zero-order chi connectivity index (χ0) is 28.9. The topological polar surface area (TPSA) is 79.3 Å². The number of nitrogens with zero attached hydrogens (tertiary/aromatic N) is 2. The highest BCUT2D eigenvalue weighted by Gasteiger charge is 2.67. The summed E-state index contributed by atoms with van der Waals surface area (Å²) in [7, 11) is -0.0182. The first kappa shape index (κ1) is 29.8. The third kappa shape index (κ3) is 4.97. The number of carbonyl (C=O) groups excluding carboxylic acids is 2. The maximum atomic E-state index is 14.8. The zero-order valence-electron chi connectivity index (χ0n) is 26.0. The van der Waals surface area contributed by atoms with E-state index >= 15 is 0 Å². The number of methoxy groups -OCH3 is 1. The lowest BCUT2D eigenvalue weighted by Gasteiger charge is -2.45. The van der Waals surface area contributed by atoms with Gasteiger partial charge >= 0.3 is 0 Å². The number of likely N-dealkylation sites (tertiary alicyclic amines) is 1. The molecule has 2 amide bonds. The number of rotatable bonds is 8. The van der Waals surface area contributed by atoms with Gasteiger partial charge in [-0.05, 0) is 93.2 Å². The van der Waals surface area contributed by atoms with Crippen molar-refractivity contribution in [3.8, 4) is 0 Å². The molecule has 0 unspecified atom stereocenters. The monoisotopic (exact) mass is 586 g/mol. The molecule has 3 aliphatic heterocycles. The van der Waals surface area contributed by atoms with Crippen molar-refractivity contribution in [2.45, 2.75) is 145 Å². The molecule has 6 aliphatic rings. The van der Waals surface area contributed by atoms with Crippen LogP contribution in [0.15, 0.2) is 11.3 Å². The first-order chi connectivity index (χ1) is 19.7. The van der Waals surface area contributed by atoms with Gasteiger partial charge in [0.1, 0.15) is 0 Å². The van der Waals surface area contributed by atoms with Gasteiger partial charge in [-0.1, -0.05) is 32.9 Å². The molecule has 1 N–H and O–H groups in total. The number of ether oxygens (including phenoxy) is 2. The van der Waals surface area contributed by atoms with E-state index < -0.39 is 13.7 Å². The maximum Gasteiger partial charge on any atom is 0.263 e. The van der Waals surface area contributed by atoms with Crippen LogP contribution in [0.2, 0.25) is 24.2 Å². The first-order valence-corrected chi connectivity index (χ1v) is 20.0. The van der Waals surface area contributed by atoms with Crippen molar-refractivity contribution in [1.29, 1.82) is 0 Å². The molecule has 0 bridgehead atoms. The van der Waals surface area contributed by atoms with Crippen LogP contribution < -0.4 is 0 Å². The van der Waals surface area contributed by atoms with Crippen LogP contribution in [-0.4, -0.2) is 85.5 Å². The summed E-state index contributed by atoms with van der Waals surface area (Å²) < 4.78 is 12.8. The molecule has 1 spiro atoms. The fourth-order valence-corrected chi connectivity index (χ4v) is 15.3. The standard InChI is InChI=1S/C33H54N2O5Si/c1-22-31(41(3,4)26-15-13-25(39-2)14-16-26)29(18-20-36)40-33(22)27-7-5-6-8-28(27)35(32(33)38)21-23-9-11-24(12-10-23)34-19-17-30(34)37/h22-26,29,31,36H,5-21H2,1-4H3/t22-,23?,24?,25?,26?,29+,31-,33+/m0/s1. The second-order valence-corrected chi connectivity index (χ2v) is 19.9. The third-order valence-electron chi connectivity index (χ3n) is 12.6. The van der Waals surface area contributed by atoms with Gasteiger partial charge in [-0.25, -0.2) is 0 Å². The summed E-state index contributed by atoms with van der Waals surface area (Å²) in [6.45, 7) is 9.26. The van der Waals surface area contributed by atoms with Gasteiger partial charge in [-0.3, -0.25) is 9.59 Å². The molecule has 0 aromatic carbocycles. The number of allylic oxidation sites excluding steroid dienone is 1. The molecule has 2 saturated heterocycles. The Morgan fingerprint density at radius 3 is 2.32 bits per heavy atom. The Morgan fingerprint density at radius 1 is 1.00 bits per heavy atom. The van der Waals surface area contributed by atoms with Crippen molar-refractivity contribution in [3.63, 3.8) is 0 Å². The van der Waals surface area contributed by atoms with E-state index in [2.05, 4.69) is 29.8 Å². The molecule has 0 aromatic rings. The third-order valence-corrected chi connectivity index (χ3v) is 17.9. The van der Waals surface area contributed by atoms with Crippen LogP contribution in [0.25, 0.3) is 0 Å². The summed E-state index contributed by atoms with van der Waals surface area (Å²) in [5, 5.41) is 10.2. The summed E-state index contributed by atoms with van der Waals surface area (Å²) in [4.78, 5) is 31.0. The average Bonchev–Trinajstić information content (AvgIpc) is 3.40. The lowest BCUT2D eigenvalue weighted by atomic mass is 9.78. The number of hydrogen-bond donors (Lipinski definition) is 1. The molecule has 41 heavy (non-hydrogen) atoms. The Labute approximate surface area is 248 Å². The summed E-state index contributed by atoms with van der Waals surface area (Å²) in [6, 6.07) is 0.405. The van der Waals surface area contributed by atoms with E-state index in [0.29, 0.717) is 47.9 Å². The highest BCUT2D eigenvalue weighted by Crippen LogP contribution is 2.61. The Morgan fingerprint density at radius 2 is 1.71 bits per heavy atom. The molecular weight excluding hydrogens is 532 g/mol. The van der Waals surface area contributed by atoms with Gasteiger partial charge < -0.3 is 24.4 Å². The molecule has 3 heterocycles. The molecule has 7 nitrogen and oxygen atoms in total. The van der Waals surface area contributed by atoms with Crippen molar-refractivity contribution in [3.05, 3.63) is 11.3 Å². The number of aliphatic hydroxyl groups excluding tert-OH is 1. The van der Waals surface area contributed by atoms with Gasteiger partial charge in [-0.2, -0.15) is 0 Å². The predicted octanol–water partition coefficient (Wildman–Crippen LogP) is 5.64. The molecule has 6 rings (SSSR count). The van der Waals surface area contributed by atoms with Gasteiger partial charge in [0, 0.05) is 50.9 Å². The minimum Gasteiger partial charge on any atom is -0.396 e. The Bertz CT molecular complexity index is 1030. The van der Waals surface area contributed by atoms with Gasteiger partial charge in [0.05, 0.1) is 20.3 Å². The summed E-state index contributed by atoms with van der Waals surface area (Å²) in [6.07, 6.45) is 14.9. The van der Waals surface area contributed by atoms with Gasteiger partial charge in [0.15, 0.2) is 5.60 Å². The molecule has 0 radical (unpaired) electrons. The van der Waals surface area contributed by atoms with Crippen LogP contribution in [0, 0.1) is 11.8 Å². The molecule has 4 atom stereocenters. The number of hydrogen-bond acceptors (Lipinski definition) is 5. The second kappa shape index (κ2) is 11.7. The van der Waals surface area contributed by atoms with Crippen molar-refractivity contribution in [2.24, 2.45) is 11.8 Å². The highest BCUT2D eigenvalue weighted by molar-refractivity contribution is 6.80. The van der Waals surface area contributed by atoms with Crippen LogP contribution in [0.1, 0.15) is 96.8 Å². The maximum absolute atomic E-state index is 14.8. The Balaban J connectivity index is 1.23. The zero-order valence-corrected chi connectivity index (χ0v) is 27.0. The smallest absolute Gasteiger partial charge is 0.263 e. The summed E-state index contributed by atoms with van der Waals surface area (Å²) in [5.41, 5.74) is 2.77. The summed E-state index contributed by atoms with van der Waals surface area (Å²) in [5.74, 6) is 1.14. The Kier molecular flexibility index (Phi) is 8.51. The van der Waals surface area contributed by atoms with E-state index in [-0.39, 0.29) is 24.5 Å². The van der Waals surface area contributed by atoms with Gasteiger partial charge in [-0.15, -0.1) is 0 Å². The fourth-order valence-electron chi connectivity index (χ4n) is 10.2. The minimum atomic E-state index is -1.86. The normalized spacial score (nSPS) is 40.0. The van der Waals surface area contributed by atoms with Crippen LogP contribution in [0.4, 0.5) is 0 Å². The molecule has 2 saturated carbocycles. The first-order valence-electron chi connectivity index (χ1n) is 16.9. The molecule has 4 fully saturated rings. The quantitative estimate of drug-likeness (QED) is 0.294. The number of amides is 2. The van der Waals surface area contributed by atoms with E-state index in [4.69, 9.17) is 9.47 Å². The van der Waals surface area contributed by atoms with Gasteiger partial charge in [0.25, 0.3) is 5.91 Å². The lowest BCUT2D eigenvalue weighted by Crippen LogP contribution is -2.52. The molecule has 3 aliphatic carbocycles. The number of aliphatic hydroxyl groups is 1. The van der Waals surface area contributed by atoms with Crippen LogP contribution in [-0.2, 0) is 19.1 Å². The van der Waals surface area contributed by atoms with E-state index in [1.165, 1.54) is 24.1 Å². The lowest BCUT2D eigenvalue weighted by molar-refractivity contribution is -0.150. The Hall–Kier alpha value is -1.22. The number of fused-ring (bicyclic) bond motifs is 1. The van der Waals surface area contributed by atoms with E-state index in [9.17, 15) is 14.7 Å². The van der Waals surface area contributed by atoms with Crippen molar-refractivity contribution in [2.75, 3.05) is 26.8 Å². The van der Waals surface area contributed by atoms with Crippen molar-refractivity contribution in [1.82, 2.24) is 9.80 Å². The average molecular weight is 587 g/mol.